The maximum absolute atomic E-state index is 14.4. The lowest BCUT2D eigenvalue weighted by atomic mass is 10.1. The molecule has 0 bridgehead atoms. The Bertz CT molecular complexity index is 1870. The van der Waals surface area contributed by atoms with Crippen LogP contribution in [0.4, 0.5) is 10.2 Å². The van der Waals surface area contributed by atoms with E-state index in [-0.39, 0.29) is 24.3 Å². The number of aryl methyl sites for hydroxylation is 1. The molecule has 222 valence electrons. The molecular weight excluding hydrogens is 563 g/mol. The molecule has 1 aliphatic heterocycles. The Morgan fingerprint density at radius 3 is 2.48 bits per heavy atom. The van der Waals surface area contributed by atoms with Gasteiger partial charge in [-0.2, -0.15) is 5.10 Å². The quantitative estimate of drug-likeness (QED) is 0.263. The largest absolute Gasteiger partial charge is 0.489 e. The highest BCUT2D eigenvalue weighted by molar-refractivity contribution is 5.98. The molecule has 44 heavy (non-hydrogen) atoms. The number of amides is 1. The highest BCUT2D eigenvalue weighted by Crippen LogP contribution is 2.35. The number of carbonyl (C=O) groups is 1. The molecule has 12 heteroatoms. The summed E-state index contributed by atoms with van der Waals surface area (Å²) in [4.78, 5) is 31.0. The highest BCUT2D eigenvalue weighted by Gasteiger charge is 2.27. The van der Waals surface area contributed by atoms with Gasteiger partial charge in [0, 0.05) is 54.8 Å². The maximum atomic E-state index is 14.4. The molecular formula is C32H29FN8O3. The molecule has 5 aromatic rings. The number of fused-ring (bicyclic) bond motifs is 1. The first kappa shape index (κ1) is 28.5. The van der Waals surface area contributed by atoms with Crippen LogP contribution in [0, 0.1) is 24.6 Å². The number of carbonyl (C=O) groups excluding carboxylic acids is 1. The molecule has 11 nitrogen and oxygen atoms in total. The molecule has 2 N–H and O–H groups in total. The summed E-state index contributed by atoms with van der Waals surface area (Å²) in [6.45, 7) is 4.80. The number of halogens is 1. The number of hydrogen-bond acceptors (Lipinski definition) is 9. The molecule has 1 amide bonds. The van der Waals surface area contributed by atoms with E-state index >= 15 is 0 Å². The zero-order valence-corrected chi connectivity index (χ0v) is 24.2. The number of ether oxygens (including phenoxy) is 2. The second-order valence-corrected chi connectivity index (χ2v) is 10.3. The molecule has 1 aliphatic rings. The Labute approximate surface area is 252 Å². The van der Waals surface area contributed by atoms with E-state index in [0.717, 1.165) is 11.1 Å². The lowest BCUT2D eigenvalue weighted by Gasteiger charge is -2.30. The van der Waals surface area contributed by atoms with E-state index in [4.69, 9.17) is 20.3 Å². The summed E-state index contributed by atoms with van der Waals surface area (Å²) in [6.07, 6.45) is 6.19. The first-order valence-corrected chi connectivity index (χ1v) is 14.1. The predicted molar refractivity (Wildman–Crippen MR) is 161 cm³/mol. The van der Waals surface area contributed by atoms with Crippen LogP contribution in [0.5, 0.6) is 17.2 Å². The Balaban J connectivity index is 1.20. The number of likely N-dealkylation sites (tertiary alicyclic amines) is 1. The fourth-order valence-corrected chi connectivity index (χ4v) is 5.11. The second-order valence-electron chi connectivity index (χ2n) is 10.3. The summed E-state index contributed by atoms with van der Waals surface area (Å²) in [7, 11) is 0. The van der Waals surface area contributed by atoms with Gasteiger partial charge in [-0.15, -0.1) is 0 Å². The number of rotatable bonds is 7. The van der Waals surface area contributed by atoms with Gasteiger partial charge in [0.05, 0.1) is 11.4 Å². The first-order chi connectivity index (χ1) is 21.4. The molecule has 0 saturated carbocycles. The third-order valence-electron chi connectivity index (χ3n) is 7.30. The molecule has 6 rings (SSSR count). The van der Waals surface area contributed by atoms with Crippen LogP contribution in [0.25, 0.3) is 22.3 Å². The average molecular weight is 593 g/mol. The molecule has 0 atom stereocenters. The molecule has 1 fully saturated rings. The monoisotopic (exact) mass is 592 g/mol. The van der Waals surface area contributed by atoms with Crippen molar-refractivity contribution in [2.45, 2.75) is 39.3 Å². The van der Waals surface area contributed by atoms with Crippen molar-refractivity contribution in [2.24, 2.45) is 0 Å². The van der Waals surface area contributed by atoms with E-state index in [2.05, 4.69) is 31.8 Å². The van der Waals surface area contributed by atoms with Crippen LogP contribution in [0.15, 0.2) is 61.2 Å². The SMILES string of the molecule is CC#CC(=O)N1CCC(n2nc(-c3ccc(Oc4cc(F)cc(OCc5cnc(C)nc5)c4)cc3)c3c(N)ncnc32)CC1. The lowest BCUT2D eigenvalue weighted by molar-refractivity contribution is -0.126. The number of piperidine rings is 1. The zero-order chi connectivity index (χ0) is 30.6. The fraction of sp³-hybridized carbons (Fsp3) is 0.250. The topological polar surface area (TPSA) is 134 Å². The van der Waals surface area contributed by atoms with Gasteiger partial charge in [-0.25, -0.2) is 29.0 Å². The zero-order valence-electron chi connectivity index (χ0n) is 24.2. The first-order valence-electron chi connectivity index (χ1n) is 14.1. The van der Waals surface area contributed by atoms with E-state index in [1.807, 2.05) is 16.8 Å². The van der Waals surface area contributed by atoms with Crippen molar-refractivity contribution in [3.05, 3.63) is 78.4 Å². The molecule has 1 saturated heterocycles. The number of nitrogens with two attached hydrogens (primary N) is 1. The van der Waals surface area contributed by atoms with Crippen LogP contribution in [-0.2, 0) is 11.4 Å². The number of benzene rings is 2. The van der Waals surface area contributed by atoms with Crippen molar-refractivity contribution in [3.8, 4) is 40.3 Å². The van der Waals surface area contributed by atoms with Crippen molar-refractivity contribution in [2.75, 3.05) is 18.8 Å². The van der Waals surface area contributed by atoms with Gasteiger partial charge in [0.25, 0.3) is 5.91 Å². The lowest BCUT2D eigenvalue weighted by Crippen LogP contribution is -2.38. The van der Waals surface area contributed by atoms with Crippen LogP contribution in [0.3, 0.4) is 0 Å². The van der Waals surface area contributed by atoms with E-state index in [9.17, 15) is 9.18 Å². The van der Waals surface area contributed by atoms with Gasteiger partial charge >= 0.3 is 0 Å². The summed E-state index contributed by atoms with van der Waals surface area (Å²) in [6, 6.07) is 11.5. The number of anilines is 1. The molecule has 0 spiro atoms. The maximum Gasteiger partial charge on any atom is 0.298 e. The van der Waals surface area contributed by atoms with E-state index < -0.39 is 5.82 Å². The Morgan fingerprint density at radius 1 is 1.02 bits per heavy atom. The second kappa shape index (κ2) is 12.3. The standard InChI is InChI=1S/C32H29FN8O3/c1-3-4-28(42)40-11-9-24(10-12-40)41-32-29(31(34)37-19-38-32)30(39-41)22-5-7-25(8-6-22)44-27-14-23(33)13-26(15-27)43-18-21-16-35-20(2)36-17-21/h5-8,13-17,19,24H,9-12,18H2,1-2H3,(H2,34,37,38). The third kappa shape index (κ3) is 6.12. The molecule has 2 aromatic carbocycles. The number of hydrogen-bond donors (Lipinski definition) is 1. The van der Waals surface area contributed by atoms with Crippen molar-refractivity contribution in [1.82, 2.24) is 34.6 Å². The normalized spacial score (nSPS) is 13.4. The summed E-state index contributed by atoms with van der Waals surface area (Å²) >= 11 is 0. The number of nitrogens with zero attached hydrogens (tertiary/aromatic N) is 7. The van der Waals surface area contributed by atoms with Gasteiger partial charge < -0.3 is 20.1 Å². The van der Waals surface area contributed by atoms with Crippen LogP contribution >= 0.6 is 0 Å². The summed E-state index contributed by atoms with van der Waals surface area (Å²) in [5.74, 6) is 6.71. The van der Waals surface area contributed by atoms with E-state index in [1.165, 1.54) is 18.5 Å². The Hall–Kier alpha value is -5.57. The van der Waals surface area contributed by atoms with Crippen LogP contribution in [0.2, 0.25) is 0 Å². The minimum absolute atomic E-state index is 0.0321. The van der Waals surface area contributed by atoms with Gasteiger partial charge in [-0.3, -0.25) is 4.79 Å². The highest BCUT2D eigenvalue weighted by atomic mass is 19.1. The minimum atomic E-state index is -0.491. The molecule has 3 aromatic heterocycles. The van der Waals surface area contributed by atoms with Crippen LogP contribution in [0.1, 0.15) is 37.2 Å². The number of nitrogen functional groups attached to an aromatic ring is 1. The Kier molecular flexibility index (Phi) is 8.01. The van der Waals surface area contributed by atoms with Gasteiger partial charge in [0.1, 0.15) is 53.3 Å². The third-order valence-corrected chi connectivity index (χ3v) is 7.30. The number of aromatic nitrogens is 6. The summed E-state index contributed by atoms with van der Waals surface area (Å²) in [5.41, 5.74) is 9.14. The van der Waals surface area contributed by atoms with E-state index in [1.54, 1.807) is 49.3 Å². The minimum Gasteiger partial charge on any atom is -0.489 e. The van der Waals surface area contributed by atoms with Crippen molar-refractivity contribution < 1.29 is 18.7 Å². The molecule has 0 aliphatic carbocycles. The van der Waals surface area contributed by atoms with E-state index in [0.29, 0.717) is 65.8 Å². The predicted octanol–water partition coefficient (Wildman–Crippen LogP) is 4.87. The summed E-state index contributed by atoms with van der Waals surface area (Å²) < 4.78 is 28.0. The smallest absolute Gasteiger partial charge is 0.298 e. The van der Waals surface area contributed by atoms with Crippen molar-refractivity contribution >= 4 is 22.8 Å². The fourth-order valence-electron chi connectivity index (χ4n) is 5.11. The summed E-state index contributed by atoms with van der Waals surface area (Å²) in [5, 5.41) is 5.58. The van der Waals surface area contributed by atoms with Gasteiger partial charge in [-0.1, -0.05) is 5.92 Å². The van der Waals surface area contributed by atoms with Crippen molar-refractivity contribution in [1.29, 1.82) is 0 Å². The van der Waals surface area contributed by atoms with Crippen LogP contribution in [-0.4, -0.2) is 53.6 Å². The van der Waals surface area contributed by atoms with Gasteiger partial charge in [0.15, 0.2) is 5.65 Å². The van der Waals surface area contributed by atoms with Gasteiger partial charge in [-0.05, 0) is 56.9 Å². The molecule has 0 unspecified atom stereocenters. The molecule has 0 radical (unpaired) electrons. The average Bonchev–Trinajstić information content (AvgIpc) is 3.42. The van der Waals surface area contributed by atoms with Gasteiger partial charge in [0.2, 0.25) is 0 Å². The Morgan fingerprint density at radius 2 is 1.75 bits per heavy atom. The van der Waals surface area contributed by atoms with Crippen molar-refractivity contribution in [3.63, 3.8) is 0 Å². The van der Waals surface area contributed by atoms with Crippen LogP contribution < -0.4 is 15.2 Å². The molecule has 4 heterocycles.